The van der Waals surface area contributed by atoms with Gasteiger partial charge in [0.1, 0.15) is 5.75 Å². The van der Waals surface area contributed by atoms with E-state index < -0.39 is 0 Å². The predicted octanol–water partition coefficient (Wildman–Crippen LogP) is 2.73. The molecule has 1 N–H and O–H groups in total. The number of aromatic nitrogens is 2. The summed E-state index contributed by atoms with van der Waals surface area (Å²) in [5.74, 6) is 3.00. The number of nitrogens with zero attached hydrogens (tertiary/aromatic N) is 2. The first kappa shape index (κ1) is 14.1. The highest BCUT2D eigenvalue weighted by Gasteiger charge is 2.24. The lowest BCUT2D eigenvalue weighted by Gasteiger charge is -2.25. The van der Waals surface area contributed by atoms with E-state index in [1.54, 1.807) is 7.11 Å². The van der Waals surface area contributed by atoms with Crippen molar-refractivity contribution in [2.45, 2.75) is 32.2 Å². The highest BCUT2D eigenvalue weighted by Crippen LogP contribution is 2.26. The van der Waals surface area contributed by atoms with Crippen LogP contribution in [0.25, 0.3) is 0 Å². The van der Waals surface area contributed by atoms with Gasteiger partial charge in [0.15, 0.2) is 5.82 Å². The Balaban J connectivity index is 1.66. The van der Waals surface area contributed by atoms with E-state index in [2.05, 4.69) is 22.4 Å². The van der Waals surface area contributed by atoms with Crippen molar-refractivity contribution in [1.82, 2.24) is 15.5 Å². The number of hydrogen-bond donors (Lipinski definition) is 1. The molecule has 5 heteroatoms. The van der Waals surface area contributed by atoms with E-state index >= 15 is 0 Å². The van der Waals surface area contributed by atoms with Crippen LogP contribution in [0, 0.1) is 5.92 Å². The van der Waals surface area contributed by atoms with Gasteiger partial charge in [0.25, 0.3) is 0 Å². The average molecular weight is 287 g/mol. The lowest BCUT2D eigenvalue weighted by Crippen LogP contribution is -2.30. The molecule has 3 rings (SSSR count). The van der Waals surface area contributed by atoms with Crippen LogP contribution in [0.5, 0.6) is 5.75 Å². The van der Waals surface area contributed by atoms with Crippen molar-refractivity contribution in [1.29, 1.82) is 0 Å². The van der Waals surface area contributed by atoms with E-state index in [0.29, 0.717) is 18.2 Å². The Labute approximate surface area is 124 Å². The number of methoxy groups -OCH3 is 1. The number of ether oxygens (including phenoxy) is 1. The Morgan fingerprint density at radius 3 is 2.86 bits per heavy atom. The molecule has 21 heavy (non-hydrogen) atoms. The van der Waals surface area contributed by atoms with Gasteiger partial charge in [-0.15, -0.1) is 0 Å². The zero-order valence-electron chi connectivity index (χ0n) is 12.5. The molecule has 0 aliphatic carbocycles. The maximum absolute atomic E-state index is 5.42. The van der Waals surface area contributed by atoms with Crippen LogP contribution >= 0.6 is 0 Å². The Morgan fingerprint density at radius 2 is 2.14 bits per heavy atom. The monoisotopic (exact) mass is 287 g/mol. The number of piperidine rings is 1. The van der Waals surface area contributed by atoms with Crippen LogP contribution in [0.2, 0.25) is 0 Å². The zero-order valence-corrected chi connectivity index (χ0v) is 12.5. The van der Waals surface area contributed by atoms with Crippen molar-refractivity contribution in [3.63, 3.8) is 0 Å². The summed E-state index contributed by atoms with van der Waals surface area (Å²) >= 11 is 0. The first-order chi connectivity index (χ1) is 10.2. The molecule has 1 fully saturated rings. The van der Waals surface area contributed by atoms with Crippen LogP contribution in [-0.4, -0.2) is 23.8 Å². The minimum atomic E-state index is 0.200. The Bertz CT molecular complexity index is 579. The van der Waals surface area contributed by atoms with Gasteiger partial charge in [0.2, 0.25) is 5.89 Å². The first-order valence-electron chi connectivity index (χ1n) is 7.43. The molecule has 0 radical (unpaired) electrons. The molecule has 1 aromatic carbocycles. The van der Waals surface area contributed by atoms with Crippen molar-refractivity contribution in [3.05, 3.63) is 41.5 Å². The van der Waals surface area contributed by atoms with Crippen molar-refractivity contribution >= 4 is 0 Å². The maximum Gasteiger partial charge on any atom is 0.243 e. The summed E-state index contributed by atoms with van der Waals surface area (Å²) in [6, 6.07) is 8.14. The third-order valence-corrected chi connectivity index (χ3v) is 3.97. The van der Waals surface area contributed by atoms with E-state index in [1.807, 2.05) is 24.3 Å². The van der Waals surface area contributed by atoms with Crippen molar-refractivity contribution in [2.75, 3.05) is 13.7 Å². The third-order valence-electron chi connectivity index (χ3n) is 3.97. The van der Waals surface area contributed by atoms with Gasteiger partial charge in [-0.05, 0) is 43.0 Å². The molecule has 2 heterocycles. The second-order valence-corrected chi connectivity index (χ2v) is 5.71. The summed E-state index contributed by atoms with van der Waals surface area (Å²) in [4.78, 5) is 4.53. The Kier molecular flexibility index (Phi) is 4.20. The van der Waals surface area contributed by atoms with Crippen LogP contribution in [0.3, 0.4) is 0 Å². The molecule has 0 saturated carbocycles. The molecule has 112 valence electrons. The fourth-order valence-corrected chi connectivity index (χ4v) is 2.70. The summed E-state index contributed by atoms with van der Waals surface area (Å²) in [5.41, 5.74) is 1.15. The fourth-order valence-electron chi connectivity index (χ4n) is 2.70. The Morgan fingerprint density at radius 1 is 1.33 bits per heavy atom. The fraction of sp³-hybridized carbons (Fsp3) is 0.500. The van der Waals surface area contributed by atoms with Gasteiger partial charge in [-0.1, -0.05) is 24.2 Å². The second-order valence-electron chi connectivity index (χ2n) is 5.71. The minimum Gasteiger partial charge on any atom is -0.497 e. The van der Waals surface area contributed by atoms with Crippen LogP contribution in [-0.2, 0) is 6.42 Å². The van der Waals surface area contributed by atoms with Gasteiger partial charge in [0.05, 0.1) is 13.2 Å². The van der Waals surface area contributed by atoms with E-state index in [9.17, 15) is 0 Å². The van der Waals surface area contributed by atoms with Gasteiger partial charge >= 0.3 is 0 Å². The highest BCUT2D eigenvalue weighted by molar-refractivity contribution is 5.28. The molecule has 0 spiro atoms. The minimum absolute atomic E-state index is 0.200. The molecule has 5 nitrogen and oxygen atoms in total. The maximum atomic E-state index is 5.42. The highest BCUT2D eigenvalue weighted by atomic mass is 16.5. The largest absolute Gasteiger partial charge is 0.497 e. The summed E-state index contributed by atoms with van der Waals surface area (Å²) in [6.45, 7) is 3.28. The smallest absolute Gasteiger partial charge is 0.243 e. The molecule has 1 aromatic heterocycles. The summed E-state index contributed by atoms with van der Waals surface area (Å²) in [5, 5.41) is 7.54. The molecule has 1 aliphatic rings. The number of benzene rings is 1. The van der Waals surface area contributed by atoms with Gasteiger partial charge in [-0.2, -0.15) is 4.98 Å². The summed E-state index contributed by atoms with van der Waals surface area (Å²) in [7, 11) is 1.67. The number of rotatable bonds is 4. The lowest BCUT2D eigenvalue weighted by molar-refractivity contribution is 0.259. The van der Waals surface area contributed by atoms with Gasteiger partial charge in [-0.3, -0.25) is 0 Å². The van der Waals surface area contributed by atoms with Crippen LogP contribution in [0.15, 0.2) is 28.8 Å². The molecule has 0 amide bonds. The van der Waals surface area contributed by atoms with Gasteiger partial charge in [-0.25, -0.2) is 0 Å². The standard InChI is InChI=1S/C16H21N3O2/c1-11-7-8-17-14(9-11)16-18-15(19-21-16)10-12-3-5-13(20-2)6-4-12/h3-6,11,14,17H,7-10H2,1-2H3. The second kappa shape index (κ2) is 6.26. The van der Waals surface area contributed by atoms with Crippen LogP contribution < -0.4 is 10.1 Å². The topological polar surface area (TPSA) is 60.2 Å². The zero-order chi connectivity index (χ0) is 14.7. The molecule has 1 saturated heterocycles. The van der Waals surface area contributed by atoms with Crippen molar-refractivity contribution in [3.8, 4) is 5.75 Å². The van der Waals surface area contributed by atoms with E-state index in [-0.39, 0.29) is 6.04 Å². The number of hydrogen-bond acceptors (Lipinski definition) is 5. The molecule has 2 unspecified atom stereocenters. The molecule has 1 aliphatic heterocycles. The molecule has 2 atom stereocenters. The lowest BCUT2D eigenvalue weighted by atomic mass is 9.94. The van der Waals surface area contributed by atoms with Crippen molar-refractivity contribution < 1.29 is 9.26 Å². The predicted molar refractivity (Wildman–Crippen MR) is 79.2 cm³/mol. The average Bonchev–Trinajstić information content (AvgIpc) is 2.97. The quantitative estimate of drug-likeness (QED) is 0.937. The molecular formula is C16H21N3O2. The SMILES string of the molecule is COc1ccc(Cc2noc(C3CC(C)CCN3)n2)cc1. The van der Waals surface area contributed by atoms with Crippen LogP contribution in [0.1, 0.15) is 43.1 Å². The van der Waals surface area contributed by atoms with Gasteiger partial charge in [0, 0.05) is 6.42 Å². The third kappa shape index (κ3) is 3.42. The summed E-state index contributed by atoms with van der Waals surface area (Å²) in [6.07, 6.45) is 2.95. The van der Waals surface area contributed by atoms with Gasteiger partial charge < -0.3 is 14.6 Å². The molecule has 2 aromatic rings. The van der Waals surface area contributed by atoms with Crippen LogP contribution in [0.4, 0.5) is 0 Å². The Hall–Kier alpha value is -1.88. The van der Waals surface area contributed by atoms with E-state index in [0.717, 1.165) is 30.1 Å². The number of nitrogens with one attached hydrogen (secondary N) is 1. The normalized spacial score (nSPS) is 22.2. The first-order valence-corrected chi connectivity index (χ1v) is 7.43. The molecule has 0 bridgehead atoms. The molecular weight excluding hydrogens is 266 g/mol. The van der Waals surface area contributed by atoms with Crippen molar-refractivity contribution in [2.24, 2.45) is 5.92 Å². The van der Waals surface area contributed by atoms with E-state index in [4.69, 9.17) is 9.26 Å². The van der Waals surface area contributed by atoms with E-state index in [1.165, 1.54) is 6.42 Å². The summed E-state index contributed by atoms with van der Waals surface area (Å²) < 4.78 is 10.6.